The standard InChI is InChI=1S/C22H31N5O2/c1-16-11-12-18(22-26-25-20-9-5-4-8-14-27(20)22)15-19(16)24-21(29)10-6-3-7-13-23-17(2)28/h11-12,15H,3-10,13-14H2,1-2H3,(H,23,28)(H,24,29). The van der Waals surface area contributed by atoms with E-state index in [0.29, 0.717) is 13.0 Å². The molecule has 0 spiro atoms. The van der Waals surface area contributed by atoms with Crippen LogP contribution in [-0.4, -0.2) is 33.1 Å². The molecule has 0 fully saturated rings. The van der Waals surface area contributed by atoms with Crippen LogP contribution in [0.2, 0.25) is 0 Å². The maximum Gasteiger partial charge on any atom is 0.224 e. The topological polar surface area (TPSA) is 88.9 Å². The zero-order chi connectivity index (χ0) is 20.6. The first-order valence-corrected chi connectivity index (χ1v) is 10.6. The number of nitrogens with one attached hydrogen (secondary N) is 2. The van der Waals surface area contributed by atoms with Gasteiger partial charge in [-0.1, -0.05) is 25.0 Å². The number of carbonyl (C=O) groups excluding carboxylic acids is 2. The third-order valence-electron chi connectivity index (χ3n) is 5.33. The van der Waals surface area contributed by atoms with E-state index in [9.17, 15) is 9.59 Å². The number of nitrogens with zero attached hydrogens (tertiary/aromatic N) is 3. The van der Waals surface area contributed by atoms with Gasteiger partial charge in [0, 0.05) is 44.1 Å². The smallest absolute Gasteiger partial charge is 0.224 e. The molecule has 1 aliphatic heterocycles. The number of hydrogen-bond donors (Lipinski definition) is 2. The van der Waals surface area contributed by atoms with Crippen LogP contribution in [0, 0.1) is 6.92 Å². The predicted molar refractivity (Wildman–Crippen MR) is 114 cm³/mol. The number of fused-ring (bicyclic) bond motifs is 1. The van der Waals surface area contributed by atoms with E-state index < -0.39 is 0 Å². The Balaban J connectivity index is 1.59. The molecule has 0 aliphatic carbocycles. The van der Waals surface area contributed by atoms with Crippen LogP contribution in [-0.2, 0) is 22.6 Å². The summed E-state index contributed by atoms with van der Waals surface area (Å²) < 4.78 is 2.22. The van der Waals surface area contributed by atoms with Gasteiger partial charge in [-0.2, -0.15) is 0 Å². The third kappa shape index (κ3) is 5.89. The summed E-state index contributed by atoms with van der Waals surface area (Å²) in [4.78, 5) is 23.2. The monoisotopic (exact) mass is 397 g/mol. The highest BCUT2D eigenvalue weighted by molar-refractivity contribution is 5.92. The predicted octanol–water partition coefficient (Wildman–Crippen LogP) is 3.61. The van der Waals surface area contributed by atoms with Crippen molar-refractivity contribution in [2.75, 3.05) is 11.9 Å². The fourth-order valence-electron chi connectivity index (χ4n) is 3.66. The first-order chi connectivity index (χ1) is 14.0. The Morgan fingerprint density at radius 2 is 1.97 bits per heavy atom. The zero-order valence-electron chi connectivity index (χ0n) is 17.5. The van der Waals surface area contributed by atoms with Crippen LogP contribution < -0.4 is 10.6 Å². The van der Waals surface area contributed by atoms with Crippen LogP contribution in [0.25, 0.3) is 11.4 Å². The normalized spacial score (nSPS) is 13.4. The van der Waals surface area contributed by atoms with Crippen LogP contribution in [0.3, 0.4) is 0 Å². The molecule has 0 atom stereocenters. The lowest BCUT2D eigenvalue weighted by atomic mass is 10.1. The molecule has 0 unspecified atom stereocenters. The summed E-state index contributed by atoms with van der Waals surface area (Å²) in [5.74, 6) is 1.95. The molecule has 1 aliphatic rings. The number of hydrogen-bond acceptors (Lipinski definition) is 4. The number of rotatable bonds is 8. The second-order valence-electron chi connectivity index (χ2n) is 7.77. The molecule has 2 N–H and O–H groups in total. The number of amides is 2. The van der Waals surface area contributed by atoms with Crippen molar-refractivity contribution >= 4 is 17.5 Å². The van der Waals surface area contributed by atoms with Gasteiger partial charge in [0.2, 0.25) is 11.8 Å². The summed E-state index contributed by atoms with van der Waals surface area (Å²) in [6.07, 6.45) is 7.60. The van der Waals surface area contributed by atoms with Crippen LogP contribution in [0.1, 0.15) is 63.3 Å². The highest BCUT2D eigenvalue weighted by atomic mass is 16.2. The largest absolute Gasteiger partial charge is 0.356 e. The van der Waals surface area contributed by atoms with E-state index in [2.05, 4.69) is 31.5 Å². The lowest BCUT2D eigenvalue weighted by Crippen LogP contribution is -2.20. The van der Waals surface area contributed by atoms with E-state index in [0.717, 1.165) is 73.5 Å². The average Bonchev–Trinajstić information content (AvgIpc) is 2.94. The van der Waals surface area contributed by atoms with Gasteiger partial charge in [-0.25, -0.2) is 0 Å². The Kier molecular flexibility index (Phi) is 7.38. The lowest BCUT2D eigenvalue weighted by molar-refractivity contribution is -0.119. The molecule has 7 nitrogen and oxygen atoms in total. The van der Waals surface area contributed by atoms with Crippen molar-refractivity contribution in [2.45, 2.75) is 71.8 Å². The Morgan fingerprint density at radius 1 is 1.10 bits per heavy atom. The second-order valence-corrected chi connectivity index (χ2v) is 7.77. The number of aryl methyl sites for hydroxylation is 2. The fraction of sp³-hybridized carbons (Fsp3) is 0.545. The molecule has 0 bridgehead atoms. The van der Waals surface area contributed by atoms with Crippen molar-refractivity contribution in [3.63, 3.8) is 0 Å². The maximum atomic E-state index is 12.4. The van der Waals surface area contributed by atoms with Gasteiger partial charge in [-0.05, 0) is 44.2 Å². The van der Waals surface area contributed by atoms with Crippen LogP contribution in [0.4, 0.5) is 5.69 Å². The first kappa shape index (κ1) is 21.0. The summed E-state index contributed by atoms with van der Waals surface area (Å²) in [7, 11) is 0. The van der Waals surface area contributed by atoms with Gasteiger partial charge in [0.25, 0.3) is 0 Å². The highest BCUT2D eigenvalue weighted by Crippen LogP contribution is 2.27. The molecule has 7 heteroatoms. The van der Waals surface area contributed by atoms with Crippen LogP contribution in [0.15, 0.2) is 18.2 Å². The van der Waals surface area contributed by atoms with Gasteiger partial charge in [0.05, 0.1) is 0 Å². The molecule has 2 aromatic rings. The number of carbonyl (C=O) groups is 2. The number of aromatic nitrogens is 3. The minimum Gasteiger partial charge on any atom is -0.356 e. The van der Waals surface area contributed by atoms with E-state index in [1.54, 1.807) is 0 Å². The molecule has 1 aromatic carbocycles. The maximum absolute atomic E-state index is 12.4. The van der Waals surface area contributed by atoms with E-state index in [1.807, 2.05) is 19.1 Å². The summed E-state index contributed by atoms with van der Waals surface area (Å²) in [6.45, 7) is 5.13. The van der Waals surface area contributed by atoms with Crippen molar-refractivity contribution < 1.29 is 9.59 Å². The Labute approximate surface area is 172 Å². The number of benzene rings is 1. The van der Waals surface area contributed by atoms with Crippen molar-refractivity contribution in [3.8, 4) is 11.4 Å². The molecule has 0 radical (unpaired) electrons. The summed E-state index contributed by atoms with van der Waals surface area (Å²) >= 11 is 0. The van der Waals surface area contributed by atoms with E-state index in [-0.39, 0.29) is 11.8 Å². The molecule has 2 amide bonds. The fourth-order valence-corrected chi connectivity index (χ4v) is 3.66. The SMILES string of the molecule is CC(=O)NCCCCCC(=O)Nc1cc(-c2nnc3n2CCCCC3)ccc1C. The van der Waals surface area contributed by atoms with E-state index in [4.69, 9.17) is 0 Å². The zero-order valence-corrected chi connectivity index (χ0v) is 17.5. The minimum absolute atomic E-state index is 0.0114. The molecule has 29 heavy (non-hydrogen) atoms. The van der Waals surface area contributed by atoms with E-state index >= 15 is 0 Å². The minimum atomic E-state index is -0.0114. The number of unbranched alkanes of at least 4 members (excludes halogenated alkanes) is 2. The van der Waals surface area contributed by atoms with Crippen molar-refractivity contribution in [1.82, 2.24) is 20.1 Å². The van der Waals surface area contributed by atoms with Crippen LogP contribution in [0.5, 0.6) is 0 Å². The molecule has 2 heterocycles. The molecule has 0 saturated carbocycles. The molecule has 3 rings (SSSR count). The van der Waals surface area contributed by atoms with Gasteiger partial charge in [-0.3, -0.25) is 9.59 Å². The lowest BCUT2D eigenvalue weighted by Gasteiger charge is -2.12. The summed E-state index contributed by atoms with van der Waals surface area (Å²) in [5, 5.41) is 14.6. The highest BCUT2D eigenvalue weighted by Gasteiger charge is 2.17. The molecular formula is C22H31N5O2. The van der Waals surface area contributed by atoms with Crippen molar-refractivity contribution in [2.24, 2.45) is 0 Å². The Morgan fingerprint density at radius 3 is 2.79 bits per heavy atom. The van der Waals surface area contributed by atoms with Crippen molar-refractivity contribution in [3.05, 3.63) is 29.6 Å². The van der Waals surface area contributed by atoms with Crippen molar-refractivity contribution in [1.29, 1.82) is 0 Å². The number of anilines is 1. The van der Waals surface area contributed by atoms with Gasteiger partial charge >= 0.3 is 0 Å². The van der Waals surface area contributed by atoms with Gasteiger partial charge in [-0.15, -0.1) is 10.2 Å². The molecule has 156 valence electrons. The van der Waals surface area contributed by atoms with Gasteiger partial charge in [0.15, 0.2) is 5.82 Å². The summed E-state index contributed by atoms with van der Waals surface area (Å²) in [5.41, 5.74) is 2.85. The Hall–Kier alpha value is -2.70. The average molecular weight is 398 g/mol. The van der Waals surface area contributed by atoms with Gasteiger partial charge < -0.3 is 15.2 Å². The molecule has 0 saturated heterocycles. The first-order valence-electron chi connectivity index (χ1n) is 10.6. The third-order valence-corrected chi connectivity index (χ3v) is 5.33. The molecular weight excluding hydrogens is 366 g/mol. The van der Waals surface area contributed by atoms with E-state index in [1.165, 1.54) is 13.3 Å². The summed E-state index contributed by atoms with van der Waals surface area (Å²) in [6, 6.07) is 6.08. The van der Waals surface area contributed by atoms with Crippen LogP contribution >= 0.6 is 0 Å². The molecule has 1 aromatic heterocycles. The quantitative estimate of drug-likeness (QED) is 0.666. The van der Waals surface area contributed by atoms with Gasteiger partial charge in [0.1, 0.15) is 5.82 Å². The Bertz CT molecular complexity index is 859. The second kappa shape index (κ2) is 10.2.